The molecule has 0 spiro atoms. The van der Waals surface area contributed by atoms with E-state index in [4.69, 9.17) is 4.74 Å². The summed E-state index contributed by atoms with van der Waals surface area (Å²) in [5.41, 5.74) is 1.68. The Bertz CT molecular complexity index is 636. The first kappa shape index (κ1) is 15.0. The summed E-state index contributed by atoms with van der Waals surface area (Å²) in [4.78, 5) is 16.9. The maximum absolute atomic E-state index is 12.6. The minimum absolute atomic E-state index is 0.166. The third-order valence-electron chi connectivity index (χ3n) is 3.41. The van der Waals surface area contributed by atoms with Crippen LogP contribution in [0.2, 0.25) is 0 Å². The molecule has 0 radical (unpaired) electrons. The van der Waals surface area contributed by atoms with Gasteiger partial charge in [-0.2, -0.15) is 0 Å². The summed E-state index contributed by atoms with van der Waals surface area (Å²) < 4.78 is 5.29. The van der Waals surface area contributed by atoms with Crippen molar-refractivity contribution in [3.05, 3.63) is 59.4 Å². The average molecular weight is 284 g/mol. The van der Waals surface area contributed by atoms with Crippen molar-refractivity contribution >= 4 is 5.91 Å². The zero-order valence-corrected chi connectivity index (χ0v) is 12.8. The number of hydrogen-bond acceptors (Lipinski definition) is 3. The Morgan fingerprint density at radius 2 is 1.95 bits per heavy atom. The monoisotopic (exact) mass is 284 g/mol. The van der Waals surface area contributed by atoms with E-state index >= 15 is 0 Å². The molecule has 0 atom stereocenters. The first-order chi connectivity index (χ1) is 9.95. The van der Waals surface area contributed by atoms with Crippen LogP contribution in [0, 0.1) is 6.92 Å². The zero-order valence-electron chi connectivity index (χ0n) is 12.8. The number of pyridine rings is 1. The van der Waals surface area contributed by atoms with Gasteiger partial charge in [-0.05, 0) is 44.5 Å². The highest BCUT2D eigenvalue weighted by atomic mass is 16.5. The van der Waals surface area contributed by atoms with E-state index in [1.165, 1.54) is 0 Å². The number of nitrogens with zero attached hydrogens (tertiary/aromatic N) is 1. The van der Waals surface area contributed by atoms with E-state index in [-0.39, 0.29) is 5.91 Å². The Hall–Kier alpha value is -2.36. The fourth-order valence-corrected chi connectivity index (χ4v) is 2.24. The van der Waals surface area contributed by atoms with Crippen LogP contribution in [-0.2, 0) is 5.54 Å². The van der Waals surface area contributed by atoms with Gasteiger partial charge in [0.05, 0.1) is 23.9 Å². The van der Waals surface area contributed by atoms with Crippen LogP contribution in [0.25, 0.3) is 0 Å². The molecule has 0 aliphatic heterocycles. The Morgan fingerprint density at radius 1 is 1.19 bits per heavy atom. The first-order valence-electron chi connectivity index (χ1n) is 6.83. The minimum Gasteiger partial charge on any atom is -0.496 e. The third-order valence-corrected chi connectivity index (χ3v) is 3.41. The van der Waals surface area contributed by atoms with Gasteiger partial charge in [0, 0.05) is 6.20 Å². The Balaban J connectivity index is 2.30. The van der Waals surface area contributed by atoms with E-state index in [9.17, 15) is 4.79 Å². The van der Waals surface area contributed by atoms with Gasteiger partial charge in [0.1, 0.15) is 5.75 Å². The lowest BCUT2D eigenvalue weighted by atomic mass is 9.98. The largest absolute Gasteiger partial charge is 0.496 e. The summed E-state index contributed by atoms with van der Waals surface area (Å²) in [6, 6.07) is 11.2. The van der Waals surface area contributed by atoms with Gasteiger partial charge in [0.15, 0.2) is 0 Å². The van der Waals surface area contributed by atoms with Gasteiger partial charge < -0.3 is 10.1 Å². The van der Waals surface area contributed by atoms with Crippen LogP contribution in [0.1, 0.15) is 35.5 Å². The van der Waals surface area contributed by atoms with Crippen molar-refractivity contribution in [1.29, 1.82) is 0 Å². The van der Waals surface area contributed by atoms with Crippen LogP contribution in [0.5, 0.6) is 5.75 Å². The number of carbonyl (C=O) groups is 1. The molecule has 4 heteroatoms. The number of ether oxygens (including phenoxy) is 1. The standard InChI is InChI=1S/C17H20N2O2/c1-12-8-7-9-13(21-4)15(12)16(20)19-17(2,3)14-10-5-6-11-18-14/h5-11H,1-4H3,(H,19,20). The van der Waals surface area contributed by atoms with Crippen LogP contribution in [-0.4, -0.2) is 18.0 Å². The number of methoxy groups -OCH3 is 1. The summed E-state index contributed by atoms with van der Waals surface area (Å²) in [6.07, 6.45) is 1.72. The van der Waals surface area contributed by atoms with Crippen molar-refractivity contribution in [2.24, 2.45) is 0 Å². The van der Waals surface area contributed by atoms with Gasteiger partial charge in [-0.15, -0.1) is 0 Å². The van der Waals surface area contributed by atoms with Crippen molar-refractivity contribution in [2.75, 3.05) is 7.11 Å². The molecule has 0 saturated carbocycles. The summed E-state index contributed by atoms with van der Waals surface area (Å²) in [7, 11) is 1.56. The van der Waals surface area contributed by atoms with Crippen molar-refractivity contribution in [3.8, 4) is 5.75 Å². The molecule has 0 aliphatic carbocycles. The van der Waals surface area contributed by atoms with E-state index in [0.717, 1.165) is 11.3 Å². The predicted octanol–water partition coefficient (Wildman–Crippen LogP) is 3.06. The minimum atomic E-state index is -0.564. The van der Waals surface area contributed by atoms with Gasteiger partial charge in [0.2, 0.25) is 0 Å². The molecule has 1 aromatic carbocycles. The molecule has 1 heterocycles. The Kier molecular flexibility index (Phi) is 4.26. The van der Waals surface area contributed by atoms with E-state index in [2.05, 4.69) is 10.3 Å². The number of carbonyl (C=O) groups excluding carboxylic acids is 1. The number of rotatable bonds is 4. The van der Waals surface area contributed by atoms with Gasteiger partial charge in [0.25, 0.3) is 5.91 Å². The molecule has 21 heavy (non-hydrogen) atoms. The van der Waals surface area contributed by atoms with Crippen LogP contribution in [0.3, 0.4) is 0 Å². The second kappa shape index (κ2) is 5.95. The highest BCUT2D eigenvalue weighted by molar-refractivity contribution is 5.98. The number of benzene rings is 1. The molecule has 4 nitrogen and oxygen atoms in total. The second-order valence-electron chi connectivity index (χ2n) is 5.45. The highest BCUT2D eigenvalue weighted by Gasteiger charge is 2.26. The molecule has 0 fully saturated rings. The molecule has 1 N–H and O–H groups in total. The van der Waals surface area contributed by atoms with E-state index < -0.39 is 5.54 Å². The van der Waals surface area contributed by atoms with Crippen LogP contribution >= 0.6 is 0 Å². The summed E-state index contributed by atoms with van der Waals surface area (Å²) in [5.74, 6) is 0.407. The SMILES string of the molecule is COc1cccc(C)c1C(=O)NC(C)(C)c1ccccn1. The molecule has 1 aromatic heterocycles. The lowest BCUT2D eigenvalue weighted by Crippen LogP contribution is -2.42. The molecule has 0 unspecified atom stereocenters. The lowest BCUT2D eigenvalue weighted by Gasteiger charge is -2.26. The van der Waals surface area contributed by atoms with Gasteiger partial charge in [-0.1, -0.05) is 18.2 Å². The number of amides is 1. The van der Waals surface area contributed by atoms with Gasteiger partial charge >= 0.3 is 0 Å². The average Bonchev–Trinajstić information content (AvgIpc) is 2.47. The smallest absolute Gasteiger partial charge is 0.256 e. The van der Waals surface area contributed by atoms with E-state index in [0.29, 0.717) is 11.3 Å². The molecule has 0 bridgehead atoms. The van der Waals surface area contributed by atoms with Crippen molar-refractivity contribution < 1.29 is 9.53 Å². The predicted molar refractivity (Wildman–Crippen MR) is 82.5 cm³/mol. The Morgan fingerprint density at radius 3 is 2.57 bits per heavy atom. The number of hydrogen-bond donors (Lipinski definition) is 1. The van der Waals surface area contributed by atoms with E-state index in [1.807, 2.05) is 51.1 Å². The topological polar surface area (TPSA) is 51.2 Å². The highest BCUT2D eigenvalue weighted by Crippen LogP contribution is 2.24. The maximum atomic E-state index is 12.6. The first-order valence-corrected chi connectivity index (χ1v) is 6.83. The van der Waals surface area contributed by atoms with E-state index in [1.54, 1.807) is 19.4 Å². The molecular weight excluding hydrogens is 264 g/mol. The number of aryl methyl sites for hydroxylation is 1. The molecule has 0 saturated heterocycles. The molecular formula is C17H20N2O2. The lowest BCUT2D eigenvalue weighted by molar-refractivity contribution is 0.0906. The van der Waals surface area contributed by atoms with Gasteiger partial charge in [-0.25, -0.2) is 0 Å². The summed E-state index contributed by atoms with van der Waals surface area (Å²) in [5, 5.41) is 3.02. The molecule has 110 valence electrons. The maximum Gasteiger partial charge on any atom is 0.256 e. The molecule has 1 amide bonds. The molecule has 2 aromatic rings. The molecule has 0 aliphatic rings. The second-order valence-corrected chi connectivity index (χ2v) is 5.45. The normalized spacial score (nSPS) is 11.0. The van der Waals surface area contributed by atoms with Crippen LogP contribution < -0.4 is 10.1 Å². The quantitative estimate of drug-likeness (QED) is 0.938. The Labute approximate surface area is 125 Å². The zero-order chi connectivity index (χ0) is 15.5. The fourth-order valence-electron chi connectivity index (χ4n) is 2.24. The summed E-state index contributed by atoms with van der Waals surface area (Å²) in [6.45, 7) is 5.75. The van der Waals surface area contributed by atoms with Crippen molar-refractivity contribution in [1.82, 2.24) is 10.3 Å². The number of aromatic nitrogens is 1. The van der Waals surface area contributed by atoms with Gasteiger partial charge in [-0.3, -0.25) is 9.78 Å². The van der Waals surface area contributed by atoms with Crippen LogP contribution in [0.15, 0.2) is 42.6 Å². The summed E-state index contributed by atoms with van der Waals surface area (Å²) >= 11 is 0. The third kappa shape index (κ3) is 3.21. The molecule has 2 rings (SSSR count). The number of nitrogens with one attached hydrogen (secondary N) is 1. The fraction of sp³-hybridized carbons (Fsp3) is 0.294. The van der Waals surface area contributed by atoms with Crippen LogP contribution in [0.4, 0.5) is 0 Å². The van der Waals surface area contributed by atoms with Crippen molar-refractivity contribution in [3.63, 3.8) is 0 Å². The van der Waals surface area contributed by atoms with Crippen molar-refractivity contribution in [2.45, 2.75) is 26.3 Å².